The van der Waals surface area contributed by atoms with Crippen molar-refractivity contribution in [1.29, 1.82) is 0 Å². The van der Waals surface area contributed by atoms with Crippen molar-refractivity contribution in [3.05, 3.63) is 35.6 Å². The Balaban J connectivity index is 2.34. The third kappa shape index (κ3) is 3.44. The average molecular weight is 306 g/mol. The van der Waals surface area contributed by atoms with Crippen molar-refractivity contribution >= 4 is 6.02 Å². The number of halogens is 4. The minimum Gasteiger partial charge on any atom is -0.463 e. The Labute approximate surface area is 118 Å². The van der Waals surface area contributed by atoms with E-state index >= 15 is 0 Å². The summed E-state index contributed by atoms with van der Waals surface area (Å²) >= 11 is 0. The molecule has 0 aromatic heterocycles. The summed E-state index contributed by atoms with van der Waals surface area (Å²) < 4.78 is 60.7. The highest BCUT2D eigenvalue weighted by atomic mass is 19.4. The van der Waals surface area contributed by atoms with Gasteiger partial charge in [0, 0.05) is 5.56 Å². The van der Waals surface area contributed by atoms with Crippen LogP contribution in [0.4, 0.5) is 17.6 Å². The highest BCUT2D eigenvalue weighted by molar-refractivity contribution is 5.73. The van der Waals surface area contributed by atoms with Crippen LogP contribution in [0.25, 0.3) is 0 Å². The molecule has 0 saturated carbocycles. The van der Waals surface area contributed by atoms with Crippen LogP contribution in [0.5, 0.6) is 0 Å². The molecule has 0 radical (unpaired) electrons. The van der Waals surface area contributed by atoms with Gasteiger partial charge in [-0.3, -0.25) is 0 Å². The fraction of sp³-hybridized carbons (Fsp3) is 0.462. The Bertz CT molecular complexity index is 547. The Kier molecular flexibility index (Phi) is 4.08. The van der Waals surface area contributed by atoms with E-state index in [-0.39, 0.29) is 18.2 Å². The van der Waals surface area contributed by atoms with Gasteiger partial charge in [-0.15, -0.1) is 0 Å². The standard InChI is InChI=1S/C13H14F4N2O2/c1-12(8-4-2-3-5-9(8)14)10(6-20-11(18)19-12)21-7-13(15,16)17/h2-5,10H,6-7H2,1H3,(H2,18,19)/t10-,12+/m0/s1. The van der Waals surface area contributed by atoms with Gasteiger partial charge in [-0.25, -0.2) is 9.38 Å². The van der Waals surface area contributed by atoms with Crippen molar-refractivity contribution in [3.8, 4) is 0 Å². The van der Waals surface area contributed by atoms with E-state index < -0.39 is 30.2 Å². The first kappa shape index (κ1) is 15.6. The van der Waals surface area contributed by atoms with E-state index in [1.807, 2.05) is 0 Å². The summed E-state index contributed by atoms with van der Waals surface area (Å²) in [5, 5.41) is 0. The molecular weight excluding hydrogens is 292 g/mol. The number of ether oxygens (including phenoxy) is 2. The molecule has 1 aliphatic heterocycles. The van der Waals surface area contributed by atoms with Crippen molar-refractivity contribution in [2.75, 3.05) is 13.2 Å². The van der Waals surface area contributed by atoms with Gasteiger partial charge >= 0.3 is 6.18 Å². The van der Waals surface area contributed by atoms with Crippen molar-refractivity contribution in [2.24, 2.45) is 10.7 Å². The van der Waals surface area contributed by atoms with Gasteiger partial charge in [0.15, 0.2) is 0 Å². The Morgan fingerprint density at radius 1 is 1.43 bits per heavy atom. The predicted molar refractivity (Wildman–Crippen MR) is 67.1 cm³/mol. The molecule has 1 aromatic carbocycles. The highest BCUT2D eigenvalue weighted by Gasteiger charge is 2.44. The van der Waals surface area contributed by atoms with Crippen LogP contribution in [0.15, 0.2) is 29.3 Å². The van der Waals surface area contributed by atoms with Gasteiger partial charge in [0.1, 0.15) is 30.7 Å². The topological polar surface area (TPSA) is 56.8 Å². The average Bonchev–Trinajstić information content (AvgIpc) is 2.37. The van der Waals surface area contributed by atoms with Gasteiger partial charge in [-0.1, -0.05) is 18.2 Å². The lowest BCUT2D eigenvalue weighted by atomic mass is 9.86. The summed E-state index contributed by atoms with van der Waals surface area (Å²) in [5.74, 6) is -0.598. The number of amidine groups is 1. The highest BCUT2D eigenvalue weighted by Crippen LogP contribution is 2.36. The van der Waals surface area contributed by atoms with Crippen LogP contribution in [0.1, 0.15) is 12.5 Å². The van der Waals surface area contributed by atoms with E-state index in [0.717, 1.165) is 0 Å². The summed E-state index contributed by atoms with van der Waals surface area (Å²) in [6.45, 7) is -0.251. The molecule has 2 rings (SSSR count). The van der Waals surface area contributed by atoms with Gasteiger partial charge in [0.25, 0.3) is 6.02 Å². The lowest BCUT2D eigenvalue weighted by molar-refractivity contribution is -0.197. The van der Waals surface area contributed by atoms with Crippen LogP contribution in [0.2, 0.25) is 0 Å². The molecule has 2 N–H and O–H groups in total. The number of benzene rings is 1. The fourth-order valence-corrected chi connectivity index (χ4v) is 2.17. The predicted octanol–water partition coefficient (Wildman–Crippen LogP) is 2.33. The maximum Gasteiger partial charge on any atom is 0.411 e. The summed E-state index contributed by atoms with van der Waals surface area (Å²) in [5.41, 5.74) is 4.18. The smallest absolute Gasteiger partial charge is 0.411 e. The molecule has 0 saturated heterocycles. The van der Waals surface area contributed by atoms with Crippen LogP contribution in [0.3, 0.4) is 0 Å². The quantitative estimate of drug-likeness (QED) is 0.872. The van der Waals surface area contributed by atoms with Crippen molar-refractivity contribution in [1.82, 2.24) is 0 Å². The maximum atomic E-state index is 14.0. The van der Waals surface area contributed by atoms with Crippen LogP contribution >= 0.6 is 0 Å². The van der Waals surface area contributed by atoms with Gasteiger partial charge in [0.05, 0.1) is 0 Å². The molecule has 0 unspecified atom stereocenters. The molecule has 0 amide bonds. The first-order valence-electron chi connectivity index (χ1n) is 6.14. The number of nitrogens with two attached hydrogens (primary N) is 1. The molecular formula is C13H14F4N2O2. The van der Waals surface area contributed by atoms with Gasteiger partial charge in [0.2, 0.25) is 0 Å². The van der Waals surface area contributed by atoms with E-state index in [1.165, 1.54) is 25.1 Å². The number of alkyl halides is 3. The number of hydrogen-bond acceptors (Lipinski definition) is 4. The number of nitrogens with zero attached hydrogens (tertiary/aromatic N) is 1. The van der Waals surface area contributed by atoms with Crippen molar-refractivity contribution in [2.45, 2.75) is 24.7 Å². The molecule has 2 atom stereocenters. The fourth-order valence-electron chi connectivity index (χ4n) is 2.17. The molecule has 8 heteroatoms. The monoisotopic (exact) mass is 306 g/mol. The first-order chi connectivity index (χ1) is 9.72. The summed E-state index contributed by atoms with van der Waals surface area (Å²) in [7, 11) is 0. The van der Waals surface area contributed by atoms with E-state index in [1.54, 1.807) is 6.07 Å². The van der Waals surface area contributed by atoms with E-state index in [9.17, 15) is 17.6 Å². The van der Waals surface area contributed by atoms with Crippen LogP contribution in [-0.2, 0) is 15.0 Å². The molecule has 1 aliphatic rings. The molecule has 4 nitrogen and oxygen atoms in total. The third-order valence-electron chi connectivity index (χ3n) is 3.22. The van der Waals surface area contributed by atoms with E-state index in [0.29, 0.717) is 0 Å². The Morgan fingerprint density at radius 3 is 2.71 bits per heavy atom. The first-order valence-corrected chi connectivity index (χ1v) is 6.14. The molecule has 0 fully saturated rings. The normalized spacial score (nSPS) is 26.1. The minimum atomic E-state index is -4.50. The summed E-state index contributed by atoms with van der Waals surface area (Å²) in [6.07, 6.45) is -5.61. The van der Waals surface area contributed by atoms with Gasteiger partial charge < -0.3 is 15.2 Å². The zero-order chi connectivity index (χ0) is 15.7. The zero-order valence-corrected chi connectivity index (χ0v) is 11.2. The molecule has 21 heavy (non-hydrogen) atoms. The largest absolute Gasteiger partial charge is 0.463 e. The molecule has 0 spiro atoms. The molecule has 1 heterocycles. The maximum absolute atomic E-state index is 14.0. The Hall–Kier alpha value is -1.83. The lowest BCUT2D eigenvalue weighted by Gasteiger charge is -2.37. The second-order valence-corrected chi connectivity index (χ2v) is 4.80. The molecule has 0 aliphatic carbocycles. The molecule has 1 aromatic rings. The summed E-state index contributed by atoms with van der Waals surface area (Å²) in [6, 6.07) is 5.45. The third-order valence-corrected chi connectivity index (χ3v) is 3.22. The molecule has 116 valence electrons. The second-order valence-electron chi connectivity index (χ2n) is 4.80. The van der Waals surface area contributed by atoms with Crippen LogP contribution in [0, 0.1) is 5.82 Å². The van der Waals surface area contributed by atoms with Crippen LogP contribution < -0.4 is 5.73 Å². The number of aliphatic imine (C=N–C) groups is 1. The number of hydrogen-bond donors (Lipinski definition) is 1. The van der Waals surface area contributed by atoms with E-state index in [2.05, 4.69) is 4.99 Å². The number of rotatable bonds is 3. The van der Waals surface area contributed by atoms with Crippen molar-refractivity contribution < 1.29 is 27.0 Å². The summed E-state index contributed by atoms with van der Waals surface area (Å²) in [4.78, 5) is 3.97. The minimum absolute atomic E-state index is 0.100. The van der Waals surface area contributed by atoms with Crippen molar-refractivity contribution in [3.63, 3.8) is 0 Å². The van der Waals surface area contributed by atoms with Crippen LogP contribution in [-0.4, -0.2) is 31.5 Å². The molecule has 0 bridgehead atoms. The SMILES string of the molecule is C[C@]1(c2ccccc2F)N=C(N)OC[C@@H]1OCC(F)(F)F. The zero-order valence-electron chi connectivity index (χ0n) is 11.2. The Morgan fingerprint density at radius 2 is 2.10 bits per heavy atom. The van der Waals surface area contributed by atoms with Gasteiger partial charge in [-0.2, -0.15) is 13.2 Å². The van der Waals surface area contributed by atoms with E-state index in [4.69, 9.17) is 15.2 Å². The lowest BCUT2D eigenvalue weighted by Crippen LogP contribution is -2.48. The van der Waals surface area contributed by atoms with Gasteiger partial charge in [-0.05, 0) is 13.0 Å². The second kappa shape index (κ2) is 5.51.